The number of pyridine rings is 1. The molecule has 0 saturated heterocycles. The van der Waals surface area contributed by atoms with Crippen LogP contribution in [0.15, 0.2) is 71.9 Å². The zero-order valence-corrected chi connectivity index (χ0v) is 18.8. The minimum Gasteiger partial charge on any atom is -0.497 e. The molecule has 0 bridgehead atoms. The molecule has 3 aromatic rings. The van der Waals surface area contributed by atoms with E-state index in [4.69, 9.17) is 27.9 Å². The summed E-state index contributed by atoms with van der Waals surface area (Å²) in [7, 11) is -2.45. The number of methoxy groups -OCH3 is 1. The van der Waals surface area contributed by atoms with E-state index >= 15 is 0 Å². The van der Waals surface area contributed by atoms with Crippen LogP contribution in [0.2, 0.25) is 10.0 Å². The van der Waals surface area contributed by atoms with Gasteiger partial charge < -0.3 is 10.1 Å². The van der Waals surface area contributed by atoms with E-state index < -0.39 is 22.5 Å². The molecule has 31 heavy (non-hydrogen) atoms. The van der Waals surface area contributed by atoms with Gasteiger partial charge in [0.1, 0.15) is 10.6 Å². The molecular weight excluding hydrogens is 461 g/mol. The summed E-state index contributed by atoms with van der Waals surface area (Å²) < 4.78 is 32.6. The standard InChI is InChI=1S/C21H19Cl2N3O4S/c1-30-19-6-4-15(5-7-19)13-26(31(28,29)20-3-2-8-24-12-20)14-21(27)25-18-10-16(22)9-17(23)11-18/h2-12H,13-14H2,1H3,(H,25,27). The quantitative estimate of drug-likeness (QED) is 0.522. The molecule has 1 heterocycles. The Morgan fingerprint density at radius 2 is 1.77 bits per heavy atom. The Kier molecular flexibility index (Phi) is 7.50. The van der Waals surface area contributed by atoms with Gasteiger partial charge in [0, 0.05) is 34.7 Å². The number of anilines is 1. The number of carbonyl (C=O) groups excluding carboxylic acids is 1. The van der Waals surface area contributed by atoms with Crippen molar-refractivity contribution < 1.29 is 17.9 Å². The van der Waals surface area contributed by atoms with Crippen LogP contribution in [0.5, 0.6) is 5.75 Å². The summed E-state index contributed by atoms with van der Waals surface area (Å²) >= 11 is 11.9. The van der Waals surface area contributed by atoms with Gasteiger partial charge in [0.05, 0.1) is 13.7 Å². The van der Waals surface area contributed by atoms with Crippen LogP contribution in [0, 0.1) is 0 Å². The summed E-state index contributed by atoms with van der Waals surface area (Å²) in [6.45, 7) is -0.446. The summed E-state index contributed by atoms with van der Waals surface area (Å²) in [5, 5.41) is 3.33. The molecule has 0 aliphatic carbocycles. The SMILES string of the molecule is COc1ccc(CN(CC(=O)Nc2cc(Cl)cc(Cl)c2)S(=O)(=O)c2cccnc2)cc1. The molecule has 0 atom stereocenters. The van der Waals surface area contributed by atoms with Gasteiger partial charge in [-0.25, -0.2) is 8.42 Å². The van der Waals surface area contributed by atoms with Crippen LogP contribution in [0.4, 0.5) is 5.69 Å². The van der Waals surface area contributed by atoms with E-state index in [1.807, 2.05) is 0 Å². The minimum absolute atomic E-state index is 0.0119. The lowest BCUT2D eigenvalue weighted by Crippen LogP contribution is -2.37. The molecule has 0 unspecified atom stereocenters. The normalized spacial score (nSPS) is 11.4. The van der Waals surface area contributed by atoms with E-state index in [1.165, 1.54) is 42.7 Å². The average Bonchev–Trinajstić information content (AvgIpc) is 2.73. The number of hydrogen-bond acceptors (Lipinski definition) is 5. The van der Waals surface area contributed by atoms with Crippen molar-refractivity contribution in [2.24, 2.45) is 0 Å². The number of halogens is 2. The number of nitrogens with one attached hydrogen (secondary N) is 1. The molecule has 0 saturated carbocycles. The van der Waals surface area contributed by atoms with Crippen molar-refractivity contribution in [3.05, 3.63) is 82.6 Å². The number of rotatable bonds is 8. The van der Waals surface area contributed by atoms with Crippen LogP contribution in [0.3, 0.4) is 0 Å². The fraction of sp³-hybridized carbons (Fsp3) is 0.143. The van der Waals surface area contributed by atoms with Gasteiger partial charge in [-0.3, -0.25) is 9.78 Å². The molecule has 0 spiro atoms. The number of sulfonamides is 1. The van der Waals surface area contributed by atoms with Gasteiger partial charge in [0.25, 0.3) is 0 Å². The Hall–Kier alpha value is -2.65. The highest BCUT2D eigenvalue weighted by atomic mass is 35.5. The second-order valence-electron chi connectivity index (χ2n) is 6.52. The Balaban J connectivity index is 1.86. The predicted molar refractivity (Wildman–Crippen MR) is 120 cm³/mol. The number of hydrogen-bond donors (Lipinski definition) is 1. The van der Waals surface area contributed by atoms with Crippen molar-refractivity contribution in [1.82, 2.24) is 9.29 Å². The lowest BCUT2D eigenvalue weighted by molar-refractivity contribution is -0.116. The third-order valence-electron chi connectivity index (χ3n) is 4.26. The molecule has 0 radical (unpaired) electrons. The van der Waals surface area contributed by atoms with Gasteiger partial charge in [0.2, 0.25) is 15.9 Å². The van der Waals surface area contributed by atoms with Gasteiger partial charge in [0.15, 0.2) is 0 Å². The van der Waals surface area contributed by atoms with Gasteiger partial charge in [-0.2, -0.15) is 4.31 Å². The van der Waals surface area contributed by atoms with Crippen LogP contribution in [-0.2, 0) is 21.4 Å². The van der Waals surface area contributed by atoms with E-state index in [-0.39, 0.29) is 11.4 Å². The summed E-state index contributed by atoms with van der Waals surface area (Å²) in [4.78, 5) is 16.5. The summed E-state index contributed by atoms with van der Waals surface area (Å²) in [5.74, 6) is 0.0975. The molecule has 0 aliphatic heterocycles. The smallest absolute Gasteiger partial charge is 0.245 e. The second-order valence-corrected chi connectivity index (χ2v) is 9.33. The second kappa shape index (κ2) is 10.1. The van der Waals surface area contributed by atoms with Crippen LogP contribution in [0.25, 0.3) is 0 Å². The van der Waals surface area contributed by atoms with Crippen LogP contribution in [-0.4, -0.2) is 37.3 Å². The molecule has 0 fully saturated rings. The molecule has 2 aromatic carbocycles. The van der Waals surface area contributed by atoms with Crippen LogP contribution >= 0.6 is 23.2 Å². The molecule has 10 heteroatoms. The Morgan fingerprint density at radius 3 is 2.35 bits per heavy atom. The zero-order chi connectivity index (χ0) is 22.4. The van der Waals surface area contributed by atoms with Crippen molar-refractivity contribution in [3.8, 4) is 5.75 Å². The van der Waals surface area contributed by atoms with Gasteiger partial charge >= 0.3 is 0 Å². The first-order chi connectivity index (χ1) is 14.8. The maximum absolute atomic E-state index is 13.2. The molecule has 1 amide bonds. The van der Waals surface area contributed by atoms with Gasteiger partial charge in [-0.1, -0.05) is 35.3 Å². The Labute approximate surface area is 190 Å². The predicted octanol–water partition coefficient (Wildman–Crippen LogP) is 4.23. The Morgan fingerprint density at radius 1 is 1.10 bits per heavy atom. The first-order valence-corrected chi connectivity index (χ1v) is 11.3. The van der Waals surface area contributed by atoms with Crippen molar-refractivity contribution in [2.75, 3.05) is 19.0 Å². The fourth-order valence-corrected chi connectivity index (χ4v) is 4.67. The van der Waals surface area contributed by atoms with E-state index in [9.17, 15) is 13.2 Å². The highest BCUT2D eigenvalue weighted by Crippen LogP contribution is 2.23. The molecule has 162 valence electrons. The number of benzene rings is 2. The number of nitrogens with zero attached hydrogens (tertiary/aromatic N) is 2. The molecule has 7 nitrogen and oxygen atoms in total. The first kappa shape index (κ1) is 23.0. The number of carbonyl (C=O) groups is 1. The molecular formula is C21H19Cl2N3O4S. The van der Waals surface area contributed by atoms with Crippen molar-refractivity contribution >= 4 is 44.8 Å². The van der Waals surface area contributed by atoms with Crippen molar-refractivity contribution in [3.63, 3.8) is 0 Å². The highest BCUT2D eigenvalue weighted by Gasteiger charge is 2.27. The average molecular weight is 480 g/mol. The number of ether oxygens (including phenoxy) is 1. The zero-order valence-electron chi connectivity index (χ0n) is 16.5. The lowest BCUT2D eigenvalue weighted by Gasteiger charge is -2.22. The van der Waals surface area contributed by atoms with Crippen LogP contribution < -0.4 is 10.1 Å². The lowest BCUT2D eigenvalue weighted by atomic mass is 10.2. The molecule has 1 aromatic heterocycles. The topological polar surface area (TPSA) is 88.6 Å². The molecule has 1 N–H and O–H groups in total. The van der Waals surface area contributed by atoms with Crippen molar-refractivity contribution in [2.45, 2.75) is 11.4 Å². The molecule has 0 aliphatic rings. The van der Waals surface area contributed by atoms with E-state index in [0.717, 1.165) is 4.31 Å². The fourth-order valence-electron chi connectivity index (χ4n) is 2.80. The third kappa shape index (κ3) is 6.18. The third-order valence-corrected chi connectivity index (χ3v) is 6.47. The Bertz CT molecular complexity index is 1140. The largest absolute Gasteiger partial charge is 0.497 e. The number of amides is 1. The maximum atomic E-state index is 13.2. The van der Waals surface area contributed by atoms with E-state index in [2.05, 4.69) is 10.3 Å². The van der Waals surface area contributed by atoms with Crippen molar-refractivity contribution in [1.29, 1.82) is 0 Å². The van der Waals surface area contributed by atoms with E-state index in [1.54, 1.807) is 31.4 Å². The maximum Gasteiger partial charge on any atom is 0.245 e. The monoisotopic (exact) mass is 479 g/mol. The first-order valence-electron chi connectivity index (χ1n) is 9.07. The minimum atomic E-state index is -3.99. The van der Waals surface area contributed by atoms with Gasteiger partial charge in [-0.05, 0) is 48.0 Å². The summed E-state index contributed by atoms with van der Waals surface area (Å²) in [6, 6.07) is 14.4. The highest BCUT2D eigenvalue weighted by molar-refractivity contribution is 7.89. The summed E-state index contributed by atoms with van der Waals surface area (Å²) in [6.07, 6.45) is 2.72. The van der Waals surface area contributed by atoms with E-state index in [0.29, 0.717) is 27.0 Å². The number of aromatic nitrogens is 1. The summed E-state index contributed by atoms with van der Waals surface area (Å²) in [5.41, 5.74) is 1.05. The van der Waals surface area contributed by atoms with Gasteiger partial charge in [-0.15, -0.1) is 0 Å². The van der Waals surface area contributed by atoms with Crippen LogP contribution in [0.1, 0.15) is 5.56 Å². The molecule has 3 rings (SSSR count).